The predicted octanol–water partition coefficient (Wildman–Crippen LogP) is 1.97. The Morgan fingerprint density at radius 3 is 2.70 bits per heavy atom. The van der Waals surface area contributed by atoms with Crippen molar-refractivity contribution in [3.05, 3.63) is 23.2 Å². The summed E-state index contributed by atoms with van der Waals surface area (Å²) < 4.78 is 11.1. The fourth-order valence-corrected chi connectivity index (χ4v) is 3.74. The molecular formula is C12H10N2O4S2. The summed E-state index contributed by atoms with van der Waals surface area (Å²) in [4.78, 5) is 20.2. The highest BCUT2D eigenvalue weighted by atomic mass is 32.2. The Bertz CT molecular complexity index is 721. The lowest BCUT2D eigenvalue weighted by atomic mass is 10.3. The first-order valence-corrected chi connectivity index (χ1v) is 7.23. The summed E-state index contributed by atoms with van der Waals surface area (Å²) in [6.45, 7) is 0. The Labute approximate surface area is 122 Å². The lowest BCUT2D eigenvalue weighted by Crippen LogP contribution is -2.35. The van der Waals surface area contributed by atoms with Crippen molar-refractivity contribution >= 4 is 44.3 Å². The monoisotopic (exact) mass is 310 g/mol. The van der Waals surface area contributed by atoms with E-state index in [9.17, 15) is 9.90 Å². The van der Waals surface area contributed by atoms with E-state index in [0.29, 0.717) is 10.1 Å². The number of benzene rings is 1. The number of aliphatic imine (C=N–C) groups is 1. The molecule has 0 aliphatic carbocycles. The average molecular weight is 310 g/mol. The van der Waals surface area contributed by atoms with Crippen molar-refractivity contribution in [1.29, 1.82) is 0 Å². The second-order valence-corrected chi connectivity index (χ2v) is 6.12. The van der Waals surface area contributed by atoms with E-state index in [2.05, 4.69) is 9.98 Å². The van der Waals surface area contributed by atoms with E-state index in [1.54, 1.807) is 18.2 Å². The van der Waals surface area contributed by atoms with Crippen LogP contribution in [0.25, 0.3) is 10.2 Å². The van der Waals surface area contributed by atoms with Crippen molar-refractivity contribution in [1.82, 2.24) is 4.98 Å². The number of carbonyl (C=O) groups excluding carboxylic acids is 1. The summed E-state index contributed by atoms with van der Waals surface area (Å²) in [6.07, 6.45) is 0. The number of carbonyl (C=O) groups is 1. The first-order chi connectivity index (χ1) is 9.58. The molecule has 104 valence electrons. The molecule has 2 heterocycles. The number of nitrogens with zero attached hydrogens (tertiary/aromatic N) is 2. The van der Waals surface area contributed by atoms with Gasteiger partial charge in [0, 0.05) is 14.2 Å². The molecule has 3 rings (SSSR count). The van der Waals surface area contributed by atoms with Gasteiger partial charge in [-0.15, -0.1) is 11.3 Å². The number of hydrogen-bond acceptors (Lipinski definition) is 7. The number of fused-ring (bicyclic) bond motifs is 1. The summed E-state index contributed by atoms with van der Waals surface area (Å²) in [7, 11) is 2.78. The van der Waals surface area contributed by atoms with Crippen molar-refractivity contribution in [2.24, 2.45) is 4.99 Å². The number of ether oxygens (including phenoxy) is 2. The van der Waals surface area contributed by atoms with Crippen LogP contribution >= 0.6 is 23.1 Å². The van der Waals surface area contributed by atoms with Crippen molar-refractivity contribution < 1.29 is 19.4 Å². The fraction of sp³-hybridized carbons (Fsp3) is 0.250. The fourth-order valence-electron chi connectivity index (χ4n) is 1.79. The number of amides is 1. The van der Waals surface area contributed by atoms with Crippen LogP contribution in [0, 0.1) is 0 Å². The number of phenolic OH excluding ortho intramolecular Hbond substituents is 1. The maximum atomic E-state index is 11.9. The molecule has 0 bridgehead atoms. The molecule has 1 N–H and O–H groups in total. The molecule has 1 amide bonds. The molecule has 0 radical (unpaired) electrons. The van der Waals surface area contributed by atoms with Crippen LogP contribution in [0.4, 0.5) is 0 Å². The third kappa shape index (κ3) is 2.01. The standard InChI is InChI=1S/C12H10N2O4S2/c1-17-12(18-2)11(16)14-10(20-12)9-13-7-4-3-6(15)5-8(7)19-9/h3-5,15H,1-2H3. The highest BCUT2D eigenvalue weighted by Crippen LogP contribution is 2.39. The number of thiazole rings is 1. The molecule has 1 aliphatic rings. The molecule has 2 aromatic rings. The van der Waals surface area contributed by atoms with Gasteiger partial charge in [-0.1, -0.05) is 0 Å². The van der Waals surface area contributed by atoms with Crippen molar-refractivity contribution in [2.45, 2.75) is 5.12 Å². The minimum atomic E-state index is -1.42. The van der Waals surface area contributed by atoms with Gasteiger partial charge >= 0.3 is 11.0 Å². The molecular weight excluding hydrogens is 300 g/mol. The normalized spacial score (nSPS) is 17.7. The Kier molecular flexibility index (Phi) is 3.25. The predicted molar refractivity (Wildman–Crippen MR) is 77.2 cm³/mol. The van der Waals surface area contributed by atoms with Crippen LogP contribution in [-0.4, -0.2) is 40.4 Å². The number of rotatable bonds is 3. The molecule has 1 aromatic heterocycles. The van der Waals surface area contributed by atoms with Gasteiger partial charge in [-0.05, 0) is 30.0 Å². The largest absolute Gasteiger partial charge is 0.508 e. The number of hydrogen-bond donors (Lipinski definition) is 1. The number of aromatic hydroxyl groups is 1. The Morgan fingerprint density at radius 1 is 1.30 bits per heavy atom. The van der Waals surface area contributed by atoms with Gasteiger partial charge in [0.15, 0.2) is 0 Å². The van der Waals surface area contributed by atoms with Gasteiger partial charge in [0.05, 0.1) is 10.2 Å². The molecule has 1 aromatic carbocycles. The van der Waals surface area contributed by atoms with Gasteiger partial charge in [-0.25, -0.2) is 4.98 Å². The third-order valence-electron chi connectivity index (χ3n) is 2.79. The van der Waals surface area contributed by atoms with E-state index < -0.39 is 11.0 Å². The topological polar surface area (TPSA) is 81.0 Å². The Balaban J connectivity index is 2.00. The molecule has 0 atom stereocenters. The van der Waals surface area contributed by atoms with Gasteiger partial charge < -0.3 is 14.6 Å². The van der Waals surface area contributed by atoms with Crippen LogP contribution in [0.15, 0.2) is 23.2 Å². The van der Waals surface area contributed by atoms with Crippen molar-refractivity contribution in [3.8, 4) is 5.75 Å². The number of aromatic nitrogens is 1. The lowest BCUT2D eigenvalue weighted by Gasteiger charge is -2.20. The third-order valence-corrected chi connectivity index (χ3v) is 5.20. The van der Waals surface area contributed by atoms with Crippen LogP contribution in [0.3, 0.4) is 0 Å². The maximum Gasteiger partial charge on any atom is 0.319 e. The van der Waals surface area contributed by atoms with Gasteiger partial charge in [-0.2, -0.15) is 4.99 Å². The number of thioether (sulfide) groups is 1. The van der Waals surface area contributed by atoms with Crippen LogP contribution in [0.1, 0.15) is 5.01 Å². The maximum absolute atomic E-state index is 11.9. The summed E-state index contributed by atoms with van der Waals surface area (Å²) in [5, 5.41) is 9.09. The molecule has 0 saturated carbocycles. The molecule has 0 saturated heterocycles. The highest BCUT2D eigenvalue weighted by Gasteiger charge is 2.47. The van der Waals surface area contributed by atoms with E-state index in [1.807, 2.05) is 0 Å². The molecule has 8 heteroatoms. The molecule has 6 nitrogen and oxygen atoms in total. The van der Waals surface area contributed by atoms with Crippen molar-refractivity contribution in [3.63, 3.8) is 0 Å². The molecule has 0 spiro atoms. The first-order valence-electron chi connectivity index (χ1n) is 5.60. The summed E-state index contributed by atoms with van der Waals surface area (Å²) >= 11 is 2.43. The number of methoxy groups -OCH3 is 2. The van der Waals surface area contributed by atoms with E-state index >= 15 is 0 Å². The lowest BCUT2D eigenvalue weighted by molar-refractivity contribution is -0.165. The minimum absolute atomic E-state index is 0.174. The van der Waals surface area contributed by atoms with Gasteiger partial charge in [0.25, 0.3) is 0 Å². The number of phenols is 1. The summed E-state index contributed by atoms with van der Waals surface area (Å²) in [5.41, 5.74) is 0.742. The van der Waals surface area contributed by atoms with Crippen LogP contribution in [-0.2, 0) is 14.3 Å². The molecule has 0 fully saturated rings. The zero-order valence-corrected chi connectivity index (χ0v) is 12.2. The van der Waals surface area contributed by atoms with E-state index in [4.69, 9.17) is 9.47 Å². The van der Waals surface area contributed by atoms with Crippen molar-refractivity contribution in [2.75, 3.05) is 14.2 Å². The van der Waals surface area contributed by atoms with Crippen LogP contribution in [0.2, 0.25) is 0 Å². The first kappa shape index (κ1) is 13.5. The van der Waals surface area contributed by atoms with Crippen LogP contribution < -0.4 is 0 Å². The zero-order chi connectivity index (χ0) is 14.3. The van der Waals surface area contributed by atoms with E-state index in [1.165, 1.54) is 25.6 Å². The quantitative estimate of drug-likeness (QED) is 0.873. The zero-order valence-electron chi connectivity index (χ0n) is 10.6. The molecule has 1 aliphatic heterocycles. The van der Waals surface area contributed by atoms with E-state index in [-0.39, 0.29) is 5.75 Å². The van der Waals surface area contributed by atoms with Gasteiger partial charge in [0.1, 0.15) is 15.8 Å². The Hall–Kier alpha value is -1.48. The molecule has 20 heavy (non-hydrogen) atoms. The molecule has 0 unspecified atom stereocenters. The van der Waals surface area contributed by atoms with E-state index in [0.717, 1.165) is 22.0 Å². The summed E-state index contributed by atoms with van der Waals surface area (Å²) in [6, 6.07) is 4.90. The summed E-state index contributed by atoms with van der Waals surface area (Å²) in [5.74, 6) is -0.322. The second kappa shape index (κ2) is 4.81. The smallest absolute Gasteiger partial charge is 0.319 e. The SMILES string of the molecule is COC1(OC)SC(c2nc3ccc(O)cc3s2)=NC1=O. The Morgan fingerprint density at radius 2 is 2.05 bits per heavy atom. The van der Waals surface area contributed by atoms with Gasteiger partial charge in [-0.3, -0.25) is 4.79 Å². The second-order valence-electron chi connectivity index (χ2n) is 3.96. The highest BCUT2D eigenvalue weighted by molar-refractivity contribution is 8.16. The average Bonchev–Trinajstić information content (AvgIpc) is 2.99. The minimum Gasteiger partial charge on any atom is -0.508 e. The van der Waals surface area contributed by atoms with Gasteiger partial charge in [0.2, 0.25) is 0 Å². The van der Waals surface area contributed by atoms with Crippen LogP contribution in [0.5, 0.6) is 5.75 Å².